The van der Waals surface area contributed by atoms with E-state index in [1.807, 2.05) is 0 Å². The van der Waals surface area contributed by atoms with E-state index in [0.29, 0.717) is 5.41 Å². The van der Waals surface area contributed by atoms with E-state index in [9.17, 15) is 5.11 Å². The average molecular weight is 402 g/mol. The average Bonchev–Trinajstić information content (AvgIpc) is 3.05. The van der Waals surface area contributed by atoms with Gasteiger partial charge in [-0.15, -0.1) is 0 Å². The van der Waals surface area contributed by atoms with Crippen LogP contribution in [-0.2, 0) is 4.74 Å². The van der Waals surface area contributed by atoms with E-state index in [1.54, 1.807) is 0 Å². The molecule has 0 spiro atoms. The van der Waals surface area contributed by atoms with Gasteiger partial charge in [-0.1, -0.05) is 19.1 Å². The Balaban J connectivity index is 1.28. The monoisotopic (exact) mass is 401 g/mol. The number of aliphatic hydroxyl groups is 1. The van der Waals surface area contributed by atoms with E-state index in [1.165, 1.54) is 50.5 Å². The van der Waals surface area contributed by atoms with Crippen molar-refractivity contribution >= 4 is 0 Å². The third-order valence-electron chi connectivity index (χ3n) is 10.3. The lowest BCUT2D eigenvalue weighted by Gasteiger charge is -2.57. The van der Waals surface area contributed by atoms with Crippen LogP contribution in [0.4, 0.5) is 0 Å². The number of fused-ring (bicyclic) bond motifs is 5. The molecule has 3 heteroatoms. The van der Waals surface area contributed by atoms with Crippen LogP contribution in [0.5, 0.6) is 0 Å². The zero-order valence-electron chi connectivity index (χ0n) is 18.9. The summed E-state index contributed by atoms with van der Waals surface area (Å²) in [5, 5.41) is 10.6. The quantitative estimate of drug-likeness (QED) is 0.683. The molecule has 3 nitrogen and oxygen atoms in total. The molecule has 0 aromatic rings. The predicted octanol–water partition coefficient (Wildman–Crippen LogP) is 4.89. The molecule has 5 aliphatic rings. The first-order valence-electron chi connectivity index (χ1n) is 12.6. The first-order valence-corrected chi connectivity index (χ1v) is 12.6. The van der Waals surface area contributed by atoms with Crippen LogP contribution in [0, 0.1) is 40.9 Å². The second-order valence-electron chi connectivity index (χ2n) is 11.9. The molecular weight excluding hydrogens is 358 g/mol. The highest BCUT2D eigenvalue weighted by Gasteiger charge is 2.57. The van der Waals surface area contributed by atoms with Gasteiger partial charge in [-0.2, -0.15) is 0 Å². The van der Waals surface area contributed by atoms with Crippen molar-refractivity contribution in [3.8, 4) is 0 Å². The molecule has 0 unspecified atom stereocenters. The molecule has 0 bridgehead atoms. The molecule has 1 N–H and O–H groups in total. The number of rotatable bonds is 3. The van der Waals surface area contributed by atoms with Gasteiger partial charge in [0.1, 0.15) is 0 Å². The molecule has 0 radical (unpaired) electrons. The van der Waals surface area contributed by atoms with Crippen LogP contribution in [-0.4, -0.2) is 48.5 Å². The number of morpholine rings is 1. The molecule has 164 valence electrons. The molecule has 4 saturated carbocycles. The Labute approximate surface area is 178 Å². The summed E-state index contributed by atoms with van der Waals surface area (Å²) in [5.41, 5.74) is 1.60. The van der Waals surface area contributed by atoms with Gasteiger partial charge in [-0.3, -0.25) is 4.90 Å². The number of nitrogens with zero attached hydrogens (tertiary/aromatic N) is 1. The molecule has 5 fully saturated rings. The third-order valence-corrected chi connectivity index (χ3v) is 10.3. The molecule has 0 aromatic carbocycles. The Hall–Kier alpha value is -0.380. The lowest BCUT2D eigenvalue weighted by atomic mass is 9.49. The molecule has 1 aliphatic heterocycles. The van der Waals surface area contributed by atoms with Gasteiger partial charge in [0.05, 0.1) is 18.8 Å². The van der Waals surface area contributed by atoms with Gasteiger partial charge in [-0.05, 0) is 106 Å². The zero-order valence-corrected chi connectivity index (χ0v) is 18.9. The van der Waals surface area contributed by atoms with Gasteiger partial charge >= 0.3 is 0 Å². The van der Waals surface area contributed by atoms with Crippen molar-refractivity contribution in [3.63, 3.8) is 0 Å². The van der Waals surface area contributed by atoms with Gasteiger partial charge in [0.25, 0.3) is 0 Å². The summed E-state index contributed by atoms with van der Waals surface area (Å²) in [4.78, 5) is 2.56. The van der Waals surface area contributed by atoms with E-state index < -0.39 is 5.60 Å². The van der Waals surface area contributed by atoms with Crippen molar-refractivity contribution in [2.24, 2.45) is 40.9 Å². The molecule has 29 heavy (non-hydrogen) atoms. The first kappa shape index (κ1) is 20.5. The van der Waals surface area contributed by atoms with Crippen LogP contribution < -0.4 is 0 Å². The zero-order chi connectivity index (χ0) is 20.2. The van der Waals surface area contributed by atoms with Crippen LogP contribution in [0.25, 0.3) is 0 Å². The van der Waals surface area contributed by atoms with E-state index in [2.05, 4.69) is 25.3 Å². The fraction of sp³-hybridized carbons (Fsp3) is 0.923. The minimum Gasteiger partial charge on any atom is -0.390 e. The van der Waals surface area contributed by atoms with Crippen molar-refractivity contribution in [3.05, 3.63) is 12.2 Å². The maximum Gasteiger partial charge on any atom is 0.0622 e. The fourth-order valence-corrected chi connectivity index (χ4v) is 8.91. The van der Waals surface area contributed by atoms with Crippen molar-refractivity contribution in [2.45, 2.75) is 77.2 Å². The Morgan fingerprint density at radius 2 is 1.72 bits per heavy atom. The SMILES string of the molecule is C=C(CN1CCOCC1)[C@H]1CC[C@H]2[C@@H]3CC[C@H]4C[C@@](C)(O)CC[C@@H]4[C@H]3CC[C@]12C. The largest absolute Gasteiger partial charge is 0.390 e. The maximum atomic E-state index is 10.6. The van der Waals surface area contributed by atoms with E-state index in [0.717, 1.165) is 81.2 Å². The highest BCUT2D eigenvalue weighted by atomic mass is 16.5. The standard InChI is InChI=1S/C26H43NO2/c1-18(17-27-12-14-29-15-13-27)23-6-7-24-22-5-4-19-16-25(2,28)10-8-20(19)21(22)9-11-26(23,24)3/h19-24,28H,1,4-17H2,2-3H3/t19-,20-,21+,22+,23+,24-,25-,26+/m0/s1. The predicted molar refractivity (Wildman–Crippen MR) is 118 cm³/mol. The third kappa shape index (κ3) is 3.64. The minimum atomic E-state index is -0.396. The second kappa shape index (κ2) is 7.64. The smallest absolute Gasteiger partial charge is 0.0622 e. The first-order chi connectivity index (χ1) is 13.9. The Kier molecular flexibility index (Phi) is 5.40. The molecule has 8 atom stereocenters. The summed E-state index contributed by atoms with van der Waals surface area (Å²) in [5.74, 6) is 5.21. The fourth-order valence-electron chi connectivity index (χ4n) is 8.91. The van der Waals surface area contributed by atoms with Gasteiger partial charge in [0, 0.05) is 19.6 Å². The Morgan fingerprint density at radius 1 is 0.966 bits per heavy atom. The number of hydrogen-bond donors (Lipinski definition) is 1. The van der Waals surface area contributed by atoms with E-state index in [-0.39, 0.29) is 0 Å². The lowest BCUT2D eigenvalue weighted by Crippen LogP contribution is -2.50. The summed E-state index contributed by atoms with van der Waals surface area (Å²) in [6.45, 7) is 14.4. The number of ether oxygens (including phenoxy) is 1. The highest BCUT2D eigenvalue weighted by Crippen LogP contribution is 2.65. The van der Waals surface area contributed by atoms with Crippen LogP contribution in [0.2, 0.25) is 0 Å². The normalized spacial score (nSPS) is 50.4. The molecule has 0 aromatic heterocycles. The number of hydrogen-bond acceptors (Lipinski definition) is 3. The van der Waals surface area contributed by atoms with Gasteiger partial charge in [0.2, 0.25) is 0 Å². The highest BCUT2D eigenvalue weighted by molar-refractivity contribution is 5.16. The summed E-state index contributed by atoms with van der Waals surface area (Å²) >= 11 is 0. The van der Waals surface area contributed by atoms with E-state index >= 15 is 0 Å². The van der Waals surface area contributed by atoms with Crippen LogP contribution in [0.1, 0.15) is 71.6 Å². The molecule has 4 aliphatic carbocycles. The molecular formula is C26H43NO2. The summed E-state index contributed by atoms with van der Waals surface area (Å²) in [7, 11) is 0. The summed E-state index contributed by atoms with van der Waals surface area (Å²) in [6.07, 6.45) is 11.8. The van der Waals surface area contributed by atoms with Crippen molar-refractivity contribution in [1.82, 2.24) is 4.90 Å². The molecule has 1 heterocycles. The van der Waals surface area contributed by atoms with Gasteiger partial charge in [0.15, 0.2) is 0 Å². The second-order valence-corrected chi connectivity index (χ2v) is 11.9. The Morgan fingerprint density at radius 3 is 2.52 bits per heavy atom. The van der Waals surface area contributed by atoms with Gasteiger partial charge in [-0.25, -0.2) is 0 Å². The van der Waals surface area contributed by atoms with Crippen LogP contribution >= 0.6 is 0 Å². The van der Waals surface area contributed by atoms with Crippen molar-refractivity contribution in [1.29, 1.82) is 0 Å². The summed E-state index contributed by atoms with van der Waals surface area (Å²) in [6, 6.07) is 0. The molecule has 5 rings (SSSR count). The Bertz CT molecular complexity index is 624. The van der Waals surface area contributed by atoms with Gasteiger partial charge < -0.3 is 9.84 Å². The van der Waals surface area contributed by atoms with Crippen LogP contribution in [0.3, 0.4) is 0 Å². The lowest BCUT2D eigenvalue weighted by molar-refractivity contribution is -0.0980. The van der Waals surface area contributed by atoms with E-state index in [4.69, 9.17) is 4.74 Å². The van der Waals surface area contributed by atoms with Crippen LogP contribution in [0.15, 0.2) is 12.2 Å². The molecule has 0 amide bonds. The minimum absolute atomic E-state index is 0.396. The summed E-state index contributed by atoms with van der Waals surface area (Å²) < 4.78 is 5.54. The van der Waals surface area contributed by atoms with Crippen molar-refractivity contribution < 1.29 is 9.84 Å². The molecule has 1 saturated heterocycles. The van der Waals surface area contributed by atoms with Crippen molar-refractivity contribution in [2.75, 3.05) is 32.8 Å². The maximum absolute atomic E-state index is 10.6. The topological polar surface area (TPSA) is 32.7 Å².